The van der Waals surface area contributed by atoms with E-state index in [2.05, 4.69) is 10.1 Å². The highest BCUT2D eigenvalue weighted by molar-refractivity contribution is 8.01. The minimum Gasteiger partial charge on any atom is -0.496 e. The van der Waals surface area contributed by atoms with Crippen LogP contribution in [-0.2, 0) is 15.3 Å². The molecule has 7 nitrogen and oxygen atoms in total. The molecule has 0 aliphatic rings. The quantitative estimate of drug-likeness (QED) is 0.393. The summed E-state index contributed by atoms with van der Waals surface area (Å²) in [4.78, 5) is 11.2. The maximum Gasteiger partial charge on any atom is 0.331 e. The van der Waals surface area contributed by atoms with Gasteiger partial charge in [0, 0.05) is 30.2 Å². The zero-order valence-electron chi connectivity index (χ0n) is 18.3. The largest absolute Gasteiger partial charge is 0.496 e. The van der Waals surface area contributed by atoms with Crippen molar-refractivity contribution in [2.24, 2.45) is 0 Å². The van der Waals surface area contributed by atoms with Crippen molar-refractivity contribution < 1.29 is 28.5 Å². The van der Waals surface area contributed by atoms with Crippen LogP contribution in [0.2, 0.25) is 0 Å². The predicted molar refractivity (Wildman–Crippen MR) is 124 cm³/mol. The number of esters is 1. The Kier molecular flexibility index (Phi) is 9.64. The first-order valence-electron chi connectivity index (χ1n) is 9.32. The van der Waals surface area contributed by atoms with Gasteiger partial charge in [-0.15, -0.1) is 11.8 Å². The smallest absolute Gasteiger partial charge is 0.331 e. The molecule has 0 atom stereocenters. The lowest BCUT2D eigenvalue weighted by atomic mass is 10.1. The Morgan fingerprint density at radius 2 is 1.61 bits per heavy atom. The number of hydrogen-bond acceptors (Lipinski definition) is 8. The van der Waals surface area contributed by atoms with Crippen molar-refractivity contribution in [2.75, 3.05) is 40.9 Å². The van der Waals surface area contributed by atoms with Crippen molar-refractivity contribution in [1.82, 2.24) is 0 Å². The molecule has 0 aliphatic carbocycles. The lowest BCUT2D eigenvalue weighted by Crippen LogP contribution is -1.98. The van der Waals surface area contributed by atoms with Crippen molar-refractivity contribution >= 4 is 29.5 Å². The van der Waals surface area contributed by atoms with Gasteiger partial charge in [0.1, 0.15) is 23.0 Å². The molecule has 0 spiro atoms. The summed E-state index contributed by atoms with van der Waals surface area (Å²) in [5, 5.41) is 5.04. The fourth-order valence-corrected chi connectivity index (χ4v) is 3.38. The van der Waals surface area contributed by atoms with E-state index in [9.17, 15) is 4.79 Å². The Hall–Kier alpha value is -3.26. The second kappa shape index (κ2) is 12.4. The van der Waals surface area contributed by atoms with Crippen molar-refractivity contribution in [3.05, 3.63) is 59.1 Å². The molecule has 1 N–H and O–H groups in total. The third-order valence-electron chi connectivity index (χ3n) is 4.26. The van der Waals surface area contributed by atoms with E-state index in [4.69, 9.17) is 18.9 Å². The van der Waals surface area contributed by atoms with E-state index in [1.165, 1.54) is 19.4 Å². The molecule has 0 fully saturated rings. The van der Waals surface area contributed by atoms with Gasteiger partial charge in [0.15, 0.2) is 0 Å². The molecule has 31 heavy (non-hydrogen) atoms. The molecule has 0 aliphatic heterocycles. The van der Waals surface area contributed by atoms with Crippen molar-refractivity contribution in [1.29, 1.82) is 0 Å². The summed E-state index contributed by atoms with van der Waals surface area (Å²) in [6.07, 6.45) is 4.77. The topological polar surface area (TPSA) is 75.3 Å². The van der Waals surface area contributed by atoms with Gasteiger partial charge < -0.3 is 29.0 Å². The first-order chi connectivity index (χ1) is 15.1. The first kappa shape index (κ1) is 24.0. The summed E-state index contributed by atoms with van der Waals surface area (Å²) in [5.41, 5.74) is 2.67. The van der Waals surface area contributed by atoms with Crippen LogP contribution < -0.4 is 24.3 Å². The molecule has 0 saturated carbocycles. The van der Waals surface area contributed by atoms with Gasteiger partial charge in [0.2, 0.25) is 0 Å². The minimum atomic E-state index is -0.437. The van der Waals surface area contributed by atoms with Crippen LogP contribution in [0.1, 0.15) is 11.1 Å². The molecule has 0 saturated heterocycles. The second-order valence-electron chi connectivity index (χ2n) is 6.09. The molecule has 0 radical (unpaired) electrons. The van der Waals surface area contributed by atoms with Crippen LogP contribution in [0.3, 0.4) is 0 Å². The SMILES string of the molecule is COC(=O)/C=C/Nc1cc(CS/C=C/c2c(OC)cc(OC)cc2OC)ccc1OC. The van der Waals surface area contributed by atoms with Crippen molar-refractivity contribution in [2.45, 2.75) is 5.75 Å². The van der Waals surface area contributed by atoms with Gasteiger partial charge in [0.25, 0.3) is 0 Å². The maximum absolute atomic E-state index is 11.2. The highest BCUT2D eigenvalue weighted by Gasteiger charge is 2.10. The van der Waals surface area contributed by atoms with Crippen LogP contribution in [0.4, 0.5) is 5.69 Å². The van der Waals surface area contributed by atoms with Crippen LogP contribution >= 0.6 is 11.8 Å². The summed E-state index contributed by atoms with van der Waals surface area (Å²) >= 11 is 1.62. The summed E-state index contributed by atoms with van der Waals surface area (Å²) in [7, 11) is 7.74. The molecule has 0 aromatic heterocycles. The lowest BCUT2D eigenvalue weighted by molar-refractivity contribution is -0.134. The highest BCUT2D eigenvalue weighted by Crippen LogP contribution is 2.36. The van der Waals surface area contributed by atoms with Gasteiger partial charge in [-0.05, 0) is 29.2 Å². The Labute approximate surface area is 187 Å². The summed E-state index contributed by atoms with van der Waals surface area (Å²) in [6.45, 7) is 0. The molecule has 0 unspecified atom stereocenters. The molecule has 2 aromatic rings. The van der Waals surface area contributed by atoms with E-state index >= 15 is 0 Å². The standard InChI is InChI=1S/C23H27NO6S/c1-26-17-13-21(28-3)18(22(14-17)29-4)9-11-31-15-16-6-7-20(27-2)19(12-16)24-10-8-23(25)30-5/h6-14,24H,15H2,1-5H3/b10-8+,11-9+. The van der Waals surface area contributed by atoms with Gasteiger partial charge in [0.05, 0.1) is 46.8 Å². The number of carbonyl (C=O) groups excluding carboxylic acids is 1. The minimum absolute atomic E-state index is 0.437. The van der Waals surface area contributed by atoms with Gasteiger partial charge >= 0.3 is 5.97 Å². The van der Waals surface area contributed by atoms with Crippen LogP contribution in [0, 0.1) is 0 Å². The Morgan fingerprint density at radius 3 is 2.19 bits per heavy atom. The molecule has 0 bridgehead atoms. The maximum atomic E-state index is 11.2. The Bertz CT molecular complexity index is 917. The fourth-order valence-electron chi connectivity index (χ4n) is 2.68. The van der Waals surface area contributed by atoms with Crippen LogP contribution in [0.5, 0.6) is 23.0 Å². The van der Waals surface area contributed by atoms with E-state index in [0.29, 0.717) is 23.0 Å². The molecule has 2 aromatic carbocycles. The molecule has 8 heteroatoms. The van der Waals surface area contributed by atoms with Crippen LogP contribution in [-0.4, -0.2) is 41.5 Å². The summed E-state index contributed by atoms with van der Waals surface area (Å²) in [5.74, 6) is 2.97. The van der Waals surface area contributed by atoms with E-state index in [-0.39, 0.29) is 0 Å². The van der Waals surface area contributed by atoms with Gasteiger partial charge in [-0.2, -0.15) is 0 Å². The number of anilines is 1. The molecule has 2 rings (SSSR count). The zero-order valence-corrected chi connectivity index (χ0v) is 19.1. The number of nitrogens with one attached hydrogen (secondary N) is 1. The second-order valence-corrected chi connectivity index (χ2v) is 6.99. The average Bonchev–Trinajstić information content (AvgIpc) is 2.81. The van der Waals surface area contributed by atoms with Crippen molar-refractivity contribution in [3.8, 4) is 23.0 Å². The highest BCUT2D eigenvalue weighted by atomic mass is 32.2. The summed E-state index contributed by atoms with van der Waals surface area (Å²) in [6, 6.07) is 9.47. The van der Waals surface area contributed by atoms with Gasteiger partial charge in [-0.3, -0.25) is 0 Å². The van der Waals surface area contributed by atoms with Gasteiger partial charge in [-0.25, -0.2) is 4.79 Å². The molecular formula is C23H27NO6S. The Morgan fingerprint density at radius 1 is 0.935 bits per heavy atom. The van der Waals surface area contributed by atoms with Crippen LogP contribution in [0.25, 0.3) is 6.08 Å². The third kappa shape index (κ3) is 6.89. The average molecular weight is 446 g/mol. The fraction of sp³-hybridized carbons (Fsp3) is 0.261. The number of methoxy groups -OCH3 is 5. The molecule has 0 amide bonds. The number of benzene rings is 2. The monoisotopic (exact) mass is 445 g/mol. The molecule has 0 heterocycles. The number of hydrogen-bond donors (Lipinski definition) is 1. The first-order valence-corrected chi connectivity index (χ1v) is 10.4. The van der Waals surface area contributed by atoms with Gasteiger partial charge in [-0.1, -0.05) is 6.07 Å². The normalized spacial score (nSPS) is 10.9. The summed E-state index contributed by atoms with van der Waals surface area (Å²) < 4.78 is 26.2. The Balaban J connectivity index is 2.10. The number of carbonyl (C=O) groups is 1. The van der Waals surface area contributed by atoms with Crippen LogP contribution in [0.15, 0.2) is 48.0 Å². The van der Waals surface area contributed by atoms with E-state index in [0.717, 1.165) is 22.6 Å². The van der Waals surface area contributed by atoms with E-state index in [1.807, 2.05) is 41.8 Å². The van der Waals surface area contributed by atoms with E-state index < -0.39 is 5.97 Å². The molecular weight excluding hydrogens is 418 g/mol. The zero-order chi connectivity index (χ0) is 22.6. The molecule has 166 valence electrons. The lowest BCUT2D eigenvalue weighted by Gasteiger charge is -2.12. The predicted octanol–water partition coefficient (Wildman–Crippen LogP) is 4.72. The van der Waals surface area contributed by atoms with Crippen molar-refractivity contribution in [3.63, 3.8) is 0 Å². The third-order valence-corrected chi connectivity index (χ3v) is 5.09. The number of thioether (sulfide) groups is 1. The van der Waals surface area contributed by atoms with E-state index in [1.54, 1.807) is 40.2 Å². The number of rotatable bonds is 11. The number of ether oxygens (including phenoxy) is 5.